The lowest BCUT2D eigenvalue weighted by Crippen LogP contribution is -2.13. The number of benzene rings is 2. The van der Waals surface area contributed by atoms with Gasteiger partial charge in [-0.15, -0.1) is 0 Å². The van der Waals surface area contributed by atoms with Gasteiger partial charge in [-0.3, -0.25) is 0 Å². The highest BCUT2D eigenvalue weighted by Gasteiger charge is 2.26. The van der Waals surface area contributed by atoms with E-state index in [1.165, 1.54) is 0 Å². The molecule has 0 saturated carbocycles. The Hall–Kier alpha value is -2.95. The van der Waals surface area contributed by atoms with Crippen LogP contribution in [0.15, 0.2) is 52.4 Å². The SMILES string of the molecule is CC(C)[C@H]1COC(c2cccc3cc4cccc(C5=N[C@@H](C(C)C)CO5)c4nc23)=N1. The second kappa shape index (κ2) is 7.38. The van der Waals surface area contributed by atoms with Crippen molar-refractivity contribution in [2.24, 2.45) is 21.8 Å². The second-order valence-electron chi connectivity index (χ2n) is 8.86. The summed E-state index contributed by atoms with van der Waals surface area (Å²) in [5.74, 6) is 2.28. The zero-order valence-corrected chi connectivity index (χ0v) is 17.9. The van der Waals surface area contributed by atoms with Gasteiger partial charge in [0.1, 0.15) is 13.2 Å². The normalized spacial score (nSPS) is 21.3. The van der Waals surface area contributed by atoms with Gasteiger partial charge < -0.3 is 9.47 Å². The molecule has 30 heavy (non-hydrogen) atoms. The summed E-state index contributed by atoms with van der Waals surface area (Å²) >= 11 is 0. The molecule has 3 heterocycles. The van der Waals surface area contributed by atoms with Gasteiger partial charge in [0.2, 0.25) is 11.8 Å². The van der Waals surface area contributed by atoms with Crippen LogP contribution < -0.4 is 0 Å². The number of aliphatic imine (C=N–C) groups is 2. The fourth-order valence-corrected chi connectivity index (χ4v) is 3.99. The maximum absolute atomic E-state index is 5.97. The molecule has 0 N–H and O–H groups in total. The summed E-state index contributed by atoms with van der Waals surface area (Å²) < 4.78 is 11.9. The topological polar surface area (TPSA) is 56.1 Å². The molecule has 5 nitrogen and oxygen atoms in total. The highest BCUT2D eigenvalue weighted by molar-refractivity contribution is 6.11. The van der Waals surface area contributed by atoms with Gasteiger partial charge in [-0.1, -0.05) is 52.0 Å². The van der Waals surface area contributed by atoms with E-state index in [-0.39, 0.29) is 12.1 Å². The average molecular weight is 402 g/mol. The lowest BCUT2D eigenvalue weighted by atomic mass is 10.0. The van der Waals surface area contributed by atoms with Gasteiger partial charge in [-0.2, -0.15) is 0 Å². The van der Waals surface area contributed by atoms with Crippen LogP contribution in [0, 0.1) is 11.8 Å². The lowest BCUT2D eigenvalue weighted by Gasteiger charge is -2.10. The zero-order valence-electron chi connectivity index (χ0n) is 17.9. The molecule has 2 aliphatic rings. The van der Waals surface area contributed by atoms with Crippen LogP contribution in [-0.4, -0.2) is 42.1 Å². The van der Waals surface area contributed by atoms with E-state index in [1.54, 1.807) is 0 Å². The molecule has 0 aliphatic carbocycles. The Balaban J connectivity index is 1.67. The Morgan fingerprint density at radius 1 is 0.733 bits per heavy atom. The Kier molecular flexibility index (Phi) is 4.69. The van der Waals surface area contributed by atoms with Crippen LogP contribution >= 0.6 is 0 Å². The standard InChI is InChI=1S/C25H27N3O2/c1-14(2)20-12-29-24(26-20)18-9-5-7-16-11-17-8-6-10-19(23(17)28-22(16)18)25-27-21(13-30-25)15(3)4/h5-11,14-15,20-21H,12-13H2,1-4H3/t20-,21-/m1/s1. The monoisotopic (exact) mass is 401 g/mol. The second-order valence-corrected chi connectivity index (χ2v) is 8.86. The Labute approximate surface area is 176 Å². The van der Waals surface area contributed by atoms with Crippen molar-refractivity contribution in [2.75, 3.05) is 13.2 Å². The molecule has 0 radical (unpaired) electrons. The van der Waals surface area contributed by atoms with Crippen molar-refractivity contribution in [2.45, 2.75) is 39.8 Å². The maximum atomic E-state index is 5.97. The van der Waals surface area contributed by atoms with E-state index in [2.05, 4.69) is 45.9 Å². The third-order valence-corrected chi connectivity index (χ3v) is 6.02. The quantitative estimate of drug-likeness (QED) is 0.579. The van der Waals surface area contributed by atoms with Gasteiger partial charge in [0.25, 0.3) is 0 Å². The first-order valence-electron chi connectivity index (χ1n) is 10.8. The number of hydrogen-bond acceptors (Lipinski definition) is 5. The van der Waals surface area contributed by atoms with Crippen LogP contribution in [0.3, 0.4) is 0 Å². The molecule has 0 amide bonds. The van der Waals surface area contributed by atoms with Crippen molar-refractivity contribution in [1.82, 2.24) is 4.98 Å². The molecule has 0 spiro atoms. The number of nitrogens with zero attached hydrogens (tertiary/aromatic N) is 3. The molecule has 3 aromatic rings. The highest BCUT2D eigenvalue weighted by atomic mass is 16.5. The lowest BCUT2D eigenvalue weighted by molar-refractivity contribution is 0.292. The van der Waals surface area contributed by atoms with E-state index in [9.17, 15) is 0 Å². The number of para-hydroxylation sites is 2. The van der Waals surface area contributed by atoms with E-state index in [1.807, 2.05) is 24.3 Å². The summed E-state index contributed by atoms with van der Waals surface area (Å²) in [5.41, 5.74) is 3.70. The van der Waals surface area contributed by atoms with Crippen LogP contribution in [0.4, 0.5) is 0 Å². The molecule has 0 bridgehead atoms. The Morgan fingerprint density at radius 2 is 1.20 bits per heavy atom. The van der Waals surface area contributed by atoms with E-state index in [0.717, 1.165) is 32.9 Å². The van der Waals surface area contributed by atoms with Crippen LogP contribution in [0.1, 0.15) is 38.8 Å². The number of pyridine rings is 1. The van der Waals surface area contributed by atoms with Crippen molar-refractivity contribution in [3.63, 3.8) is 0 Å². The summed E-state index contributed by atoms with van der Waals surface area (Å²) in [7, 11) is 0. The van der Waals surface area contributed by atoms with E-state index >= 15 is 0 Å². The summed E-state index contributed by atoms with van der Waals surface area (Å²) in [4.78, 5) is 14.7. The fourth-order valence-electron chi connectivity index (χ4n) is 3.99. The average Bonchev–Trinajstić information content (AvgIpc) is 3.41. The Bertz CT molecular complexity index is 1090. The first-order valence-corrected chi connectivity index (χ1v) is 10.8. The van der Waals surface area contributed by atoms with Crippen molar-refractivity contribution in [3.8, 4) is 0 Å². The molecular formula is C25H27N3O2. The van der Waals surface area contributed by atoms with Crippen molar-refractivity contribution >= 4 is 33.6 Å². The minimum Gasteiger partial charge on any atom is -0.475 e. The molecule has 0 fully saturated rings. The number of rotatable bonds is 4. The van der Waals surface area contributed by atoms with Crippen molar-refractivity contribution in [1.29, 1.82) is 0 Å². The molecule has 154 valence electrons. The fraction of sp³-hybridized carbons (Fsp3) is 0.400. The largest absolute Gasteiger partial charge is 0.475 e. The van der Waals surface area contributed by atoms with Crippen molar-refractivity contribution in [3.05, 3.63) is 53.6 Å². The Morgan fingerprint density at radius 3 is 1.60 bits per heavy atom. The smallest absolute Gasteiger partial charge is 0.218 e. The van der Waals surface area contributed by atoms with Crippen LogP contribution in [0.25, 0.3) is 21.8 Å². The predicted octanol–water partition coefficient (Wildman–Crippen LogP) is 4.99. The molecule has 5 heteroatoms. The van der Waals surface area contributed by atoms with Crippen LogP contribution in [0.5, 0.6) is 0 Å². The predicted molar refractivity (Wildman–Crippen MR) is 121 cm³/mol. The van der Waals surface area contributed by atoms with Gasteiger partial charge in [-0.05, 0) is 30.0 Å². The summed E-state index contributed by atoms with van der Waals surface area (Å²) in [6.07, 6.45) is 0. The molecule has 1 aromatic heterocycles. The number of aromatic nitrogens is 1. The van der Waals surface area contributed by atoms with Gasteiger partial charge in [0.15, 0.2) is 0 Å². The molecular weight excluding hydrogens is 374 g/mol. The first-order chi connectivity index (χ1) is 14.5. The van der Waals surface area contributed by atoms with Gasteiger partial charge in [-0.25, -0.2) is 15.0 Å². The summed E-state index contributed by atoms with van der Waals surface area (Å²) in [6, 6.07) is 14.9. The minimum atomic E-state index is 0.195. The molecule has 2 atom stereocenters. The van der Waals surface area contributed by atoms with Crippen LogP contribution in [-0.2, 0) is 9.47 Å². The minimum absolute atomic E-state index is 0.195. The first kappa shape index (κ1) is 19.0. The third-order valence-electron chi connectivity index (χ3n) is 6.02. The zero-order chi connectivity index (χ0) is 20.8. The van der Waals surface area contributed by atoms with Crippen molar-refractivity contribution < 1.29 is 9.47 Å². The van der Waals surface area contributed by atoms with E-state index in [0.29, 0.717) is 36.8 Å². The highest BCUT2D eigenvalue weighted by Crippen LogP contribution is 2.29. The maximum Gasteiger partial charge on any atom is 0.218 e. The summed E-state index contributed by atoms with van der Waals surface area (Å²) in [6.45, 7) is 9.96. The molecule has 2 aliphatic heterocycles. The molecule has 2 aromatic carbocycles. The number of hydrogen-bond donors (Lipinski definition) is 0. The number of ether oxygens (including phenoxy) is 2. The summed E-state index contributed by atoms with van der Waals surface area (Å²) in [5, 5.41) is 2.15. The van der Waals surface area contributed by atoms with Gasteiger partial charge in [0.05, 0.1) is 34.2 Å². The molecule has 0 unspecified atom stereocenters. The molecule has 5 rings (SSSR count). The van der Waals surface area contributed by atoms with Crippen LogP contribution in [0.2, 0.25) is 0 Å². The van der Waals surface area contributed by atoms with E-state index < -0.39 is 0 Å². The van der Waals surface area contributed by atoms with Gasteiger partial charge >= 0.3 is 0 Å². The molecule has 0 saturated heterocycles. The van der Waals surface area contributed by atoms with Gasteiger partial charge in [0, 0.05) is 10.8 Å². The number of fused-ring (bicyclic) bond motifs is 2. The third kappa shape index (κ3) is 3.22. The van der Waals surface area contributed by atoms with E-state index in [4.69, 9.17) is 24.4 Å².